The fourth-order valence-electron chi connectivity index (χ4n) is 21.2. The predicted octanol–water partition coefficient (Wildman–Crippen LogP) is 34.4. The predicted molar refractivity (Wildman–Crippen MR) is 543 cm³/mol. The van der Waals surface area contributed by atoms with Crippen LogP contribution in [0.2, 0.25) is 0 Å². The lowest BCUT2D eigenvalue weighted by molar-refractivity contribution is 0.660. The van der Waals surface area contributed by atoms with Crippen molar-refractivity contribution in [3.8, 4) is 78.1 Å². The molecular formula is C122H84N4OS. The van der Waals surface area contributed by atoms with Gasteiger partial charge < -0.3 is 23.4 Å². The molecule has 6 heteroatoms. The number of thiophene rings is 1. The minimum absolute atomic E-state index is 0.110. The molecule has 2 aliphatic rings. The molecule has 0 radical (unpaired) electrons. The van der Waals surface area contributed by atoms with E-state index in [0.717, 1.165) is 67.2 Å². The third-order valence-electron chi connectivity index (χ3n) is 27.6. The van der Waals surface area contributed by atoms with Crippen LogP contribution in [0, 0.1) is 0 Å². The second-order valence-corrected chi connectivity index (χ2v) is 36.5. The van der Waals surface area contributed by atoms with Crippen LogP contribution >= 0.6 is 11.3 Å². The molecule has 0 aliphatic heterocycles. The van der Waals surface area contributed by atoms with Gasteiger partial charge in [0.05, 0.1) is 33.4 Å². The summed E-state index contributed by atoms with van der Waals surface area (Å²) < 4.78 is 13.7. The standard InChI is InChI=1S/C61H42N2O.C61H42N2S/c2*1-61(2)54-18-8-5-15-48(54)49-33-32-46(38-55(49)61)62(45-30-24-40(25-31-45)43-27-35-60-53(37-43)51-17-7-10-21-59(51)64-60)44-28-22-39(23-29-44)42-26-34-58-52(36-42)50-16-6-9-19-57(50)63(58)56-20-11-13-41-12-3-4-14-47(41)56/h2*3-38H,1-2H3. The largest absolute Gasteiger partial charge is 0.456 e. The maximum Gasteiger partial charge on any atom is 0.135 e. The van der Waals surface area contributed by atoms with Crippen molar-refractivity contribution in [2.45, 2.75) is 38.5 Å². The third kappa shape index (κ3) is 12.0. The average molecular weight is 1650 g/mol. The van der Waals surface area contributed by atoms with Crippen LogP contribution in [0.1, 0.15) is 49.9 Å². The van der Waals surface area contributed by atoms with Gasteiger partial charge in [-0.1, -0.05) is 307 Å². The molecule has 24 aromatic rings. The number of furan rings is 1. The molecule has 0 saturated heterocycles. The second-order valence-electron chi connectivity index (χ2n) is 35.4. The molecule has 0 saturated carbocycles. The number of hydrogen-bond acceptors (Lipinski definition) is 4. The summed E-state index contributed by atoms with van der Waals surface area (Å²) in [5.41, 5.74) is 35.8. The normalized spacial score (nSPS) is 13.0. The van der Waals surface area contributed by atoms with Gasteiger partial charge in [0.15, 0.2) is 0 Å². The summed E-state index contributed by atoms with van der Waals surface area (Å²) in [6, 6.07) is 161. The molecule has 128 heavy (non-hydrogen) atoms. The van der Waals surface area contributed by atoms with Gasteiger partial charge in [-0.05, 0) is 258 Å². The first-order chi connectivity index (χ1) is 62.9. The van der Waals surface area contributed by atoms with E-state index in [-0.39, 0.29) is 10.8 Å². The Bertz CT molecular complexity index is 8120. The molecule has 0 amide bonds. The van der Waals surface area contributed by atoms with Crippen molar-refractivity contribution in [2.75, 3.05) is 9.80 Å². The van der Waals surface area contributed by atoms with Crippen LogP contribution in [0.3, 0.4) is 0 Å². The van der Waals surface area contributed by atoms with Gasteiger partial charge in [0.1, 0.15) is 11.2 Å². The lowest BCUT2D eigenvalue weighted by Gasteiger charge is -2.28. The SMILES string of the molecule is CC1(C)c2ccccc2-c2ccc(N(c3ccc(-c4ccc5oc6ccccc6c5c4)cc3)c3ccc(-c4ccc5c(c4)c4ccccc4n5-c4cccc5ccccc45)cc3)cc21.CC1(C)c2ccccc2-c2ccc(N(c3ccc(-c4ccc5sc6ccccc6c5c4)cc3)c3ccc(-c4ccc5c(c4)c4ccccc4n5-c4cccc5ccccc45)cc3)cc21. The zero-order chi connectivity index (χ0) is 85.0. The van der Waals surface area contributed by atoms with Crippen molar-refractivity contribution in [1.82, 2.24) is 9.13 Å². The zero-order valence-electron chi connectivity index (χ0n) is 71.2. The molecule has 0 atom stereocenters. The number of anilines is 6. The number of rotatable bonds is 12. The van der Waals surface area contributed by atoms with Crippen molar-refractivity contribution in [3.05, 3.63) is 459 Å². The van der Waals surface area contributed by atoms with Crippen LogP contribution in [0.5, 0.6) is 0 Å². The molecule has 4 aromatic heterocycles. The molecule has 0 unspecified atom stereocenters. The zero-order valence-corrected chi connectivity index (χ0v) is 72.0. The van der Waals surface area contributed by atoms with E-state index in [1.807, 2.05) is 23.5 Å². The first-order valence-electron chi connectivity index (χ1n) is 44.3. The maximum absolute atomic E-state index is 6.15. The number of hydrogen-bond donors (Lipinski definition) is 0. The summed E-state index contributed by atoms with van der Waals surface area (Å²) in [5, 5.41) is 14.9. The van der Waals surface area contributed by atoms with E-state index in [1.54, 1.807) is 0 Å². The van der Waals surface area contributed by atoms with E-state index in [9.17, 15) is 0 Å². The van der Waals surface area contributed by atoms with Crippen LogP contribution in [0.4, 0.5) is 34.1 Å². The molecule has 0 spiro atoms. The van der Waals surface area contributed by atoms with Crippen LogP contribution in [-0.2, 0) is 10.8 Å². The highest BCUT2D eigenvalue weighted by Gasteiger charge is 2.38. The molecule has 20 aromatic carbocycles. The molecule has 4 heterocycles. The first-order valence-corrected chi connectivity index (χ1v) is 45.1. The smallest absolute Gasteiger partial charge is 0.135 e. The third-order valence-corrected chi connectivity index (χ3v) is 28.8. The summed E-state index contributed by atoms with van der Waals surface area (Å²) in [6.07, 6.45) is 0. The van der Waals surface area contributed by atoms with Gasteiger partial charge in [0, 0.05) is 108 Å². The van der Waals surface area contributed by atoms with Gasteiger partial charge in [-0.3, -0.25) is 0 Å². The Morgan fingerprint density at radius 2 is 0.539 bits per heavy atom. The number of para-hydroxylation sites is 3. The van der Waals surface area contributed by atoms with E-state index in [4.69, 9.17) is 4.42 Å². The summed E-state index contributed by atoms with van der Waals surface area (Å²) >= 11 is 1.86. The number of nitrogens with zero attached hydrogens (tertiary/aromatic N) is 4. The number of benzene rings is 20. The van der Waals surface area contributed by atoms with Gasteiger partial charge >= 0.3 is 0 Å². The Hall–Kier alpha value is -15.9. The molecule has 2 aliphatic carbocycles. The van der Waals surface area contributed by atoms with Crippen molar-refractivity contribution in [1.29, 1.82) is 0 Å². The van der Waals surface area contributed by atoms with Crippen molar-refractivity contribution in [2.24, 2.45) is 0 Å². The molecule has 5 nitrogen and oxygen atoms in total. The minimum atomic E-state index is -0.118. The van der Waals surface area contributed by atoms with E-state index >= 15 is 0 Å². The van der Waals surface area contributed by atoms with Crippen molar-refractivity contribution >= 4 is 153 Å². The quantitative estimate of drug-likeness (QED) is 0.122. The summed E-state index contributed by atoms with van der Waals surface area (Å²) in [7, 11) is 0. The van der Waals surface area contributed by atoms with Crippen molar-refractivity contribution in [3.63, 3.8) is 0 Å². The molecule has 26 rings (SSSR count). The lowest BCUT2D eigenvalue weighted by Crippen LogP contribution is -2.16. The molecule has 0 bridgehead atoms. The minimum Gasteiger partial charge on any atom is -0.456 e. The Labute approximate surface area is 746 Å². The van der Waals surface area contributed by atoms with Crippen LogP contribution in [-0.4, -0.2) is 9.13 Å². The second kappa shape index (κ2) is 29.4. The summed E-state index contributed by atoms with van der Waals surface area (Å²) in [4.78, 5) is 4.82. The van der Waals surface area contributed by atoms with Gasteiger partial charge in [-0.25, -0.2) is 0 Å². The average Bonchev–Trinajstić information content (AvgIpc) is 1.59. The highest BCUT2D eigenvalue weighted by atomic mass is 32.1. The Morgan fingerprint density at radius 3 is 1.02 bits per heavy atom. The van der Waals surface area contributed by atoms with E-state index in [0.29, 0.717) is 0 Å². The van der Waals surface area contributed by atoms with Crippen LogP contribution < -0.4 is 9.80 Å². The van der Waals surface area contributed by atoms with Gasteiger partial charge in [-0.15, -0.1) is 11.3 Å². The lowest BCUT2D eigenvalue weighted by atomic mass is 9.82. The molecule has 0 fully saturated rings. The summed E-state index contributed by atoms with van der Waals surface area (Å²) in [5.74, 6) is 0. The van der Waals surface area contributed by atoms with Crippen LogP contribution in [0.25, 0.3) is 185 Å². The Morgan fingerprint density at radius 1 is 0.211 bits per heavy atom. The van der Waals surface area contributed by atoms with E-state index in [1.165, 1.54) is 175 Å². The molecule has 0 N–H and O–H groups in total. The number of fused-ring (bicyclic) bond motifs is 20. The van der Waals surface area contributed by atoms with Gasteiger partial charge in [-0.2, -0.15) is 0 Å². The maximum atomic E-state index is 6.15. The fourth-order valence-corrected chi connectivity index (χ4v) is 22.3. The van der Waals surface area contributed by atoms with Gasteiger partial charge in [0.25, 0.3) is 0 Å². The van der Waals surface area contributed by atoms with E-state index in [2.05, 4.69) is 471 Å². The first kappa shape index (κ1) is 74.7. The Kier molecular flexibility index (Phi) is 17.2. The van der Waals surface area contributed by atoms with Gasteiger partial charge in [0.2, 0.25) is 0 Å². The molecule has 604 valence electrons. The van der Waals surface area contributed by atoms with E-state index < -0.39 is 0 Å². The fraction of sp³-hybridized carbons (Fsp3) is 0.0492. The highest BCUT2D eigenvalue weighted by Crippen LogP contribution is 2.54. The topological polar surface area (TPSA) is 29.5 Å². The Balaban J connectivity index is 0.000000139. The summed E-state index contributed by atoms with van der Waals surface area (Å²) in [6.45, 7) is 9.43. The monoisotopic (exact) mass is 1650 g/mol. The molecular weight excluding hydrogens is 1570 g/mol. The highest BCUT2D eigenvalue weighted by molar-refractivity contribution is 7.25. The van der Waals surface area contributed by atoms with Crippen LogP contribution in [0.15, 0.2) is 441 Å². The number of aromatic nitrogens is 2. The van der Waals surface area contributed by atoms with Crippen molar-refractivity contribution < 1.29 is 4.42 Å².